The summed E-state index contributed by atoms with van der Waals surface area (Å²) in [7, 11) is 0. The summed E-state index contributed by atoms with van der Waals surface area (Å²) in [5.41, 5.74) is 5.97. The lowest BCUT2D eigenvalue weighted by molar-refractivity contribution is -0.197. The van der Waals surface area contributed by atoms with Gasteiger partial charge in [-0.05, 0) is 68.4 Å². The number of aliphatic hydroxyl groups excluding tert-OH is 1. The first-order valence-corrected chi connectivity index (χ1v) is 26.7. The number of nitrogens with one attached hydrogen (secondary N) is 6. The third kappa shape index (κ3) is 21.3. The van der Waals surface area contributed by atoms with Crippen LogP contribution in [-0.2, 0) is 68.9 Å². The highest BCUT2D eigenvalue weighted by atomic mass is 19.1. The molecule has 83 heavy (non-hydrogen) atoms. The topological polar surface area (TPSA) is 384 Å². The molecule has 1 aliphatic rings. The number of aliphatic hydroxyl groups is 1. The van der Waals surface area contributed by atoms with Crippen molar-refractivity contribution in [1.82, 2.24) is 46.4 Å². The van der Waals surface area contributed by atoms with Crippen LogP contribution in [0, 0.1) is 17.0 Å². The van der Waals surface area contributed by atoms with Crippen LogP contribution < -0.4 is 37.6 Å². The van der Waals surface area contributed by atoms with E-state index in [1.54, 1.807) is 55.8 Å². The number of nitrogens with zero attached hydrogens (tertiary/aromatic N) is 3. The Labute approximate surface area is 476 Å². The van der Waals surface area contributed by atoms with Gasteiger partial charge in [-0.15, -0.1) is 5.06 Å². The van der Waals surface area contributed by atoms with Crippen LogP contribution in [0.5, 0.6) is 0 Å². The molecule has 0 unspecified atom stereocenters. The zero-order valence-corrected chi connectivity index (χ0v) is 46.7. The van der Waals surface area contributed by atoms with E-state index in [0.29, 0.717) is 10.8 Å². The highest BCUT2D eigenvalue weighted by Gasteiger charge is 2.39. The molecule has 0 bridgehead atoms. The molecule has 1 saturated heterocycles. The third-order valence-corrected chi connectivity index (χ3v) is 13.0. The molecule has 11 N–H and O–H groups in total. The predicted molar refractivity (Wildman–Crippen MR) is 289 cm³/mol. The van der Waals surface area contributed by atoms with Crippen molar-refractivity contribution in [1.29, 1.82) is 0 Å². The van der Waals surface area contributed by atoms with Gasteiger partial charge in [-0.3, -0.25) is 47.9 Å². The number of hydrogen-bond donors (Lipinski definition) is 10. The molecule has 0 spiro atoms. The number of hydrogen-bond acceptors (Lipinski definition) is 15. The molecule has 2 heterocycles. The Morgan fingerprint density at radius 3 is 2.05 bits per heavy atom. The zero-order valence-electron chi connectivity index (χ0n) is 46.7. The van der Waals surface area contributed by atoms with Crippen molar-refractivity contribution in [3.05, 3.63) is 83.7 Å². The maximum atomic E-state index is 15.4. The first-order valence-electron chi connectivity index (χ1n) is 26.7. The van der Waals surface area contributed by atoms with Gasteiger partial charge in [0.05, 0.1) is 18.5 Å². The van der Waals surface area contributed by atoms with E-state index in [-0.39, 0.29) is 56.3 Å². The number of primary amides is 1. The van der Waals surface area contributed by atoms with E-state index in [1.165, 1.54) is 18.7 Å². The summed E-state index contributed by atoms with van der Waals surface area (Å²) in [5, 5.41) is 44.6. The zero-order chi connectivity index (χ0) is 61.7. The van der Waals surface area contributed by atoms with Crippen molar-refractivity contribution >= 4 is 71.1 Å². The minimum absolute atomic E-state index is 0.0468. The van der Waals surface area contributed by atoms with Crippen LogP contribution in [0.3, 0.4) is 0 Å². The second-order valence-electron chi connectivity index (χ2n) is 20.9. The van der Waals surface area contributed by atoms with Gasteiger partial charge >= 0.3 is 17.9 Å². The molecule has 0 aliphatic carbocycles. The van der Waals surface area contributed by atoms with Crippen molar-refractivity contribution in [3.8, 4) is 11.1 Å². The molecule has 1 aromatic heterocycles. The second-order valence-corrected chi connectivity index (χ2v) is 20.9. The number of carboxylic acid groups (broad SMARTS) is 2. The Bertz CT molecular complexity index is 2850. The predicted octanol–water partition coefficient (Wildman–Crippen LogP) is 0.826. The highest BCUT2D eigenvalue weighted by molar-refractivity contribution is 6.01. The average Bonchev–Trinajstić information content (AvgIpc) is 2.56. The number of aromatic nitrogens is 1. The molecule has 26 nitrogen and oxygen atoms in total. The lowest BCUT2D eigenvalue weighted by Gasteiger charge is -2.41. The largest absolute Gasteiger partial charge is 0.481 e. The summed E-state index contributed by atoms with van der Waals surface area (Å²) in [5.74, 6) is -12.5. The number of nitrogens with two attached hydrogens (primary N) is 1. The van der Waals surface area contributed by atoms with Crippen LogP contribution in [0.1, 0.15) is 116 Å². The number of carbonyl (C=O) groups excluding carboxylic acids is 10. The fourth-order valence-electron chi connectivity index (χ4n) is 8.90. The maximum Gasteiger partial charge on any atom is 0.333 e. The summed E-state index contributed by atoms with van der Waals surface area (Å²) in [4.78, 5) is 158. The summed E-state index contributed by atoms with van der Waals surface area (Å²) in [6, 6.07) is 6.00. The van der Waals surface area contributed by atoms with Gasteiger partial charge in [0, 0.05) is 93.8 Å². The molecule has 9 amide bonds. The van der Waals surface area contributed by atoms with Gasteiger partial charge in [0.25, 0.3) is 11.8 Å². The summed E-state index contributed by atoms with van der Waals surface area (Å²) in [6.45, 7) is 6.29. The van der Waals surface area contributed by atoms with E-state index >= 15 is 4.39 Å². The van der Waals surface area contributed by atoms with Crippen molar-refractivity contribution in [2.45, 2.75) is 142 Å². The fourth-order valence-corrected chi connectivity index (χ4v) is 8.90. The van der Waals surface area contributed by atoms with E-state index in [0.717, 1.165) is 23.8 Å². The van der Waals surface area contributed by atoms with Crippen molar-refractivity contribution in [3.63, 3.8) is 0 Å². The van der Waals surface area contributed by atoms with Gasteiger partial charge in [-0.1, -0.05) is 51.1 Å². The van der Waals surface area contributed by atoms with Gasteiger partial charge in [0.1, 0.15) is 36.4 Å². The standard InChI is InChI=1S/C55H72F2N10O16/c1-31(61-51(78)32(2)62-43(70)12-9-13-49(77)83-67-45(72)17-18-46(67)73)27-60-40(26-42(58)69)53(80)64-38(52(79)59-22-20-44(71)63-39(54(81)82)16-19-48(75)76)21-23-66(47(74)30-68)50(55(3,4)5)41-24-34(36-25-35(56)14-15-37(36)57)29-65(41)28-33-10-7-6-8-11-33/h6-8,10-11,14-15,24-25,29,31-32,38-40,50,60,68H,9,12-13,16-23,26-28,30H2,1-5H3,(H2,58,69)(H,59,79)(H,61,78)(H,62,70)(H,63,71)(H,64,80)(H,75,76)(H,81,82)/t31-,32+,38+,39-,40+,50+/m1/s1. The van der Waals surface area contributed by atoms with E-state index in [4.69, 9.17) is 15.7 Å². The van der Waals surface area contributed by atoms with Crippen molar-refractivity contribution in [2.75, 3.05) is 26.2 Å². The molecule has 1 aliphatic heterocycles. The van der Waals surface area contributed by atoms with Gasteiger partial charge < -0.3 is 67.3 Å². The lowest BCUT2D eigenvalue weighted by atomic mass is 9.82. The van der Waals surface area contributed by atoms with Crippen molar-refractivity contribution < 1.29 is 86.5 Å². The Morgan fingerprint density at radius 1 is 0.771 bits per heavy atom. The van der Waals surface area contributed by atoms with Gasteiger partial charge in [-0.25, -0.2) is 18.4 Å². The lowest BCUT2D eigenvalue weighted by Crippen LogP contribution is -2.56. The number of benzene rings is 2. The van der Waals surface area contributed by atoms with Crippen LogP contribution in [0.25, 0.3) is 11.1 Å². The second kappa shape index (κ2) is 31.5. The number of halogens is 2. The van der Waals surface area contributed by atoms with Crippen molar-refractivity contribution in [2.24, 2.45) is 11.1 Å². The number of carboxylic acids is 2. The van der Waals surface area contributed by atoms with Gasteiger partial charge in [0.2, 0.25) is 41.4 Å². The van der Waals surface area contributed by atoms with Gasteiger partial charge in [-0.2, -0.15) is 0 Å². The molecule has 0 saturated carbocycles. The Morgan fingerprint density at radius 2 is 1.43 bits per heavy atom. The summed E-state index contributed by atoms with van der Waals surface area (Å²) < 4.78 is 31.8. The van der Waals surface area contributed by atoms with E-state index < -0.39 is 176 Å². The molecule has 4 rings (SSSR count). The molecule has 6 atom stereocenters. The van der Waals surface area contributed by atoms with Crippen LogP contribution in [0.4, 0.5) is 8.78 Å². The minimum atomic E-state index is -1.61. The molecule has 0 radical (unpaired) electrons. The highest BCUT2D eigenvalue weighted by Crippen LogP contribution is 2.41. The van der Waals surface area contributed by atoms with Gasteiger partial charge in [0.15, 0.2) is 0 Å². The number of carbonyl (C=O) groups is 12. The molecule has 452 valence electrons. The normalized spacial score (nSPS) is 14.5. The Balaban J connectivity index is 1.57. The molecule has 28 heteroatoms. The third-order valence-electron chi connectivity index (χ3n) is 13.0. The fraction of sp³-hybridized carbons (Fsp3) is 0.491. The van der Waals surface area contributed by atoms with Crippen LogP contribution in [0.15, 0.2) is 60.8 Å². The average molecular weight is 1170 g/mol. The number of hydroxylamine groups is 2. The number of amides is 9. The maximum absolute atomic E-state index is 15.4. The molecular formula is C55H72F2N10O16. The Kier molecular flexibility index (Phi) is 25.4. The SMILES string of the molecule is C[C@H](CN[C@@H](CC(N)=O)C(=O)N[C@@H](CCN(C(=O)CO)[C@@H](c1cc(-c2cc(F)ccc2F)cn1Cc1ccccc1)C(C)(C)C)C(=O)NCCC(=O)N[C@H](CCC(=O)O)C(=O)O)NC(=O)[C@H](C)NC(=O)CCCC(=O)ON1C(=O)CCC1=O. The van der Waals surface area contributed by atoms with Crippen LogP contribution in [-0.4, -0.2) is 157 Å². The van der Waals surface area contributed by atoms with E-state index in [9.17, 15) is 72.1 Å². The van der Waals surface area contributed by atoms with Crippen LogP contribution in [0.2, 0.25) is 0 Å². The minimum Gasteiger partial charge on any atom is -0.481 e. The summed E-state index contributed by atoms with van der Waals surface area (Å²) in [6.07, 6.45) is -1.83. The smallest absolute Gasteiger partial charge is 0.333 e. The first-order chi connectivity index (χ1) is 39.1. The van der Waals surface area contributed by atoms with E-state index in [2.05, 4.69) is 31.9 Å². The Hall–Kier alpha value is -8.66. The quantitative estimate of drug-likeness (QED) is 0.0378. The molecular weight excluding hydrogens is 1090 g/mol. The monoisotopic (exact) mass is 1170 g/mol. The number of rotatable bonds is 33. The molecule has 1 fully saturated rings. The molecule has 2 aromatic carbocycles. The first kappa shape index (κ1) is 66.8. The summed E-state index contributed by atoms with van der Waals surface area (Å²) >= 11 is 0. The number of imide groups is 1. The van der Waals surface area contributed by atoms with E-state index in [1.807, 2.05) is 12.1 Å². The molecule has 3 aromatic rings. The number of aliphatic carboxylic acids is 2. The van der Waals surface area contributed by atoms with Crippen LogP contribution >= 0.6 is 0 Å².